The van der Waals surface area contributed by atoms with Crippen LogP contribution in [0.15, 0.2) is 65.7 Å². The van der Waals surface area contributed by atoms with Gasteiger partial charge in [0.05, 0.1) is 15.9 Å². The molecule has 0 saturated carbocycles. The number of aryl methyl sites for hydroxylation is 2. The molecule has 0 aliphatic heterocycles. The van der Waals surface area contributed by atoms with E-state index in [-0.39, 0.29) is 12.5 Å². The number of rotatable bonds is 8. The summed E-state index contributed by atoms with van der Waals surface area (Å²) in [5, 5.41) is 2.85. The number of halogens is 1. The van der Waals surface area contributed by atoms with Crippen molar-refractivity contribution < 1.29 is 14.3 Å². The van der Waals surface area contributed by atoms with Gasteiger partial charge in [-0.25, -0.2) is 0 Å². The number of carbonyl (C=O) groups is 1. The summed E-state index contributed by atoms with van der Waals surface area (Å²) < 4.78 is 12.5. The Balaban J connectivity index is 1.74. The Kier molecular flexibility index (Phi) is 8.06. The van der Waals surface area contributed by atoms with Crippen LogP contribution in [-0.4, -0.2) is 25.3 Å². The van der Waals surface area contributed by atoms with Gasteiger partial charge < -0.3 is 14.8 Å². The molecule has 31 heavy (non-hydrogen) atoms. The highest BCUT2D eigenvalue weighted by atomic mass is 127. The fraction of sp³-hybridized carbons (Fsp3) is 0.200. The van der Waals surface area contributed by atoms with Crippen LogP contribution < -0.4 is 14.8 Å². The van der Waals surface area contributed by atoms with Crippen LogP contribution in [0.3, 0.4) is 0 Å². The Morgan fingerprint density at radius 2 is 1.87 bits per heavy atom. The second-order valence-electron chi connectivity index (χ2n) is 7.01. The molecule has 6 heteroatoms. The Bertz CT molecular complexity index is 1100. The monoisotopic (exact) mass is 528 g/mol. The van der Waals surface area contributed by atoms with E-state index >= 15 is 0 Å². The Morgan fingerprint density at radius 1 is 1.06 bits per heavy atom. The molecule has 0 fully saturated rings. The third kappa shape index (κ3) is 6.55. The lowest BCUT2D eigenvalue weighted by atomic mass is 10.2. The van der Waals surface area contributed by atoms with Crippen LogP contribution in [0, 0.1) is 17.4 Å². The fourth-order valence-corrected chi connectivity index (χ4v) is 3.76. The molecule has 1 amide bonds. The molecule has 0 spiro atoms. The van der Waals surface area contributed by atoms with E-state index in [1.165, 1.54) is 0 Å². The summed E-state index contributed by atoms with van der Waals surface area (Å²) in [6, 6.07) is 19.4. The smallest absolute Gasteiger partial charge is 0.262 e. The lowest BCUT2D eigenvalue weighted by Gasteiger charge is -2.15. The lowest BCUT2D eigenvalue weighted by Crippen LogP contribution is -2.20. The fourth-order valence-electron chi connectivity index (χ4n) is 2.98. The number of aliphatic imine (C=N–C) groups is 1. The van der Waals surface area contributed by atoms with Crippen LogP contribution >= 0.6 is 22.6 Å². The number of nitrogens with one attached hydrogen (secondary N) is 1. The van der Waals surface area contributed by atoms with Gasteiger partial charge in [-0.3, -0.25) is 9.79 Å². The SMILES string of the molecule is CCOc1cc(C=Nc2ccccc2C)cc(I)c1OCC(=O)Nc1cccc(C)c1. The Hall–Kier alpha value is -2.87. The first kappa shape index (κ1) is 22.8. The van der Waals surface area contributed by atoms with Gasteiger partial charge in [-0.05, 0) is 90.4 Å². The maximum atomic E-state index is 12.3. The van der Waals surface area contributed by atoms with Gasteiger partial charge in [0.15, 0.2) is 18.1 Å². The predicted octanol–water partition coefficient (Wildman–Crippen LogP) is 6.07. The molecule has 0 atom stereocenters. The summed E-state index contributed by atoms with van der Waals surface area (Å²) in [5.74, 6) is 0.910. The normalized spacial score (nSPS) is 10.8. The molecule has 5 nitrogen and oxygen atoms in total. The summed E-state index contributed by atoms with van der Waals surface area (Å²) >= 11 is 2.19. The molecule has 160 valence electrons. The standard InChI is InChI=1S/C25H25IN2O3/c1-4-30-23-14-19(15-27-22-11-6-5-9-18(22)3)13-21(26)25(23)31-16-24(29)28-20-10-7-8-17(2)12-20/h5-15H,4,16H2,1-3H3,(H,28,29). The zero-order valence-electron chi connectivity index (χ0n) is 17.8. The number of para-hydroxylation sites is 1. The summed E-state index contributed by atoms with van der Waals surface area (Å²) in [5.41, 5.74) is 4.75. The third-order valence-corrected chi connectivity index (χ3v) is 5.25. The maximum absolute atomic E-state index is 12.3. The number of hydrogen-bond donors (Lipinski definition) is 1. The number of benzene rings is 3. The quantitative estimate of drug-likeness (QED) is 0.285. The Labute approximate surface area is 196 Å². The van der Waals surface area contributed by atoms with Crippen LogP contribution in [-0.2, 0) is 4.79 Å². The number of hydrogen-bond acceptors (Lipinski definition) is 4. The highest BCUT2D eigenvalue weighted by Crippen LogP contribution is 2.34. The van der Waals surface area contributed by atoms with Crippen molar-refractivity contribution in [3.05, 3.63) is 80.9 Å². The third-order valence-electron chi connectivity index (χ3n) is 4.45. The second kappa shape index (κ2) is 10.9. The van der Waals surface area contributed by atoms with Gasteiger partial charge in [-0.15, -0.1) is 0 Å². The molecule has 3 aromatic rings. The average Bonchev–Trinajstić information content (AvgIpc) is 2.73. The highest BCUT2D eigenvalue weighted by Gasteiger charge is 2.14. The van der Waals surface area contributed by atoms with E-state index in [1.54, 1.807) is 6.21 Å². The summed E-state index contributed by atoms with van der Waals surface area (Å²) in [6.45, 7) is 6.30. The maximum Gasteiger partial charge on any atom is 0.262 e. The van der Waals surface area contributed by atoms with Gasteiger partial charge in [0, 0.05) is 11.9 Å². The van der Waals surface area contributed by atoms with Crippen molar-refractivity contribution in [2.75, 3.05) is 18.5 Å². The molecule has 0 bridgehead atoms. The molecular weight excluding hydrogens is 503 g/mol. The number of amides is 1. The minimum absolute atomic E-state index is 0.110. The molecule has 0 radical (unpaired) electrons. The Morgan fingerprint density at radius 3 is 2.61 bits per heavy atom. The van der Waals surface area contributed by atoms with E-state index in [9.17, 15) is 4.79 Å². The van der Waals surface area contributed by atoms with Crippen molar-refractivity contribution in [3.8, 4) is 11.5 Å². The van der Waals surface area contributed by atoms with Gasteiger partial charge >= 0.3 is 0 Å². The van der Waals surface area contributed by atoms with E-state index < -0.39 is 0 Å². The van der Waals surface area contributed by atoms with Gasteiger partial charge in [0.1, 0.15) is 0 Å². The van der Waals surface area contributed by atoms with E-state index in [4.69, 9.17) is 9.47 Å². The van der Waals surface area contributed by atoms with Crippen LogP contribution in [0.2, 0.25) is 0 Å². The molecule has 0 aromatic heterocycles. The zero-order chi connectivity index (χ0) is 22.2. The summed E-state index contributed by atoms with van der Waals surface area (Å²) in [4.78, 5) is 16.9. The van der Waals surface area contributed by atoms with Crippen molar-refractivity contribution in [3.63, 3.8) is 0 Å². The number of ether oxygens (including phenoxy) is 2. The van der Waals surface area contributed by atoms with Gasteiger partial charge in [-0.1, -0.05) is 30.3 Å². The number of carbonyl (C=O) groups excluding carboxylic acids is 1. The predicted molar refractivity (Wildman–Crippen MR) is 134 cm³/mol. The summed E-state index contributed by atoms with van der Waals surface area (Å²) in [7, 11) is 0. The van der Waals surface area contributed by atoms with Crippen molar-refractivity contribution in [2.45, 2.75) is 20.8 Å². The average molecular weight is 528 g/mol. The van der Waals surface area contributed by atoms with E-state index in [0.717, 1.165) is 31.6 Å². The van der Waals surface area contributed by atoms with Crippen molar-refractivity contribution in [1.82, 2.24) is 0 Å². The molecular formula is C25H25IN2O3. The molecule has 0 unspecified atom stereocenters. The van der Waals surface area contributed by atoms with Crippen LogP contribution in [0.4, 0.5) is 11.4 Å². The van der Waals surface area contributed by atoms with Crippen LogP contribution in [0.1, 0.15) is 23.6 Å². The molecule has 1 N–H and O–H groups in total. The first-order chi connectivity index (χ1) is 15.0. The minimum Gasteiger partial charge on any atom is -0.490 e. The molecule has 0 saturated heterocycles. The largest absolute Gasteiger partial charge is 0.490 e. The topological polar surface area (TPSA) is 59.9 Å². The van der Waals surface area contributed by atoms with Gasteiger partial charge in [0.25, 0.3) is 5.91 Å². The number of nitrogens with zero attached hydrogens (tertiary/aromatic N) is 1. The molecule has 0 heterocycles. The van der Waals surface area contributed by atoms with Crippen molar-refractivity contribution in [1.29, 1.82) is 0 Å². The first-order valence-electron chi connectivity index (χ1n) is 10.0. The molecule has 3 rings (SSSR count). The van der Waals surface area contributed by atoms with Crippen LogP contribution in [0.25, 0.3) is 0 Å². The summed E-state index contributed by atoms with van der Waals surface area (Å²) in [6.07, 6.45) is 1.81. The highest BCUT2D eigenvalue weighted by molar-refractivity contribution is 14.1. The first-order valence-corrected chi connectivity index (χ1v) is 11.1. The molecule has 0 aliphatic carbocycles. The van der Waals surface area contributed by atoms with E-state index in [2.05, 4.69) is 32.9 Å². The van der Waals surface area contributed by atoms with Crippen LogP contribution in [0.5, 0.6) is 11.5 Å². The van der Waals surface area contributed by atoms with Crippen molar-refractivity contribution >= 4 is 46.1 Å². The van der Waals surface area contributed by atoms with Crippen molar-refractivity contribution in [2.24, 2.45) is 4.99 Å². The van der Waals surface area contributed by atoms with E-state index in [1.807, 2.05) is 81.4 Å². The number of anilines is 1. The minimum atomic E-state index is -0.228. The van der Waals surface area contributed by atoms with Gasteiger partial charge in [0.2, 0.25) is 0 Å². The molecule has 3 aromatic carbocycles. The second-order valence-corrected chi connectivity index (χ2v) is 8.18. The van der Waals surface area contributed by atoms with E-state index in [0.29, 0.717) is 18.1 Å². The van der Waals surface area contributed by atoms with Gasteiger partial charge in [-0.2, -0.15) is 0 Å². The lowest BCUT2D eigenvalue weighted by molar-refractivity contribution is -0.118. The molecule has 0 aliphatic rings. The zero-order valence-corrected chi connectivity index (χ0v) is 20.0.